The molecule has 0 radical (unpaired) electrons. The van der Waals surface area contributed by atoms with E-state index in [1.54, 1.807) is 23.9 Å². The molecule has 1 aromatic carbocycles. The quantitative estimate of drug-likeness (QED) is 0.591. The normalized spacial score (nSPS) is 10.8. The van der Waals surface area contributed by atoms with Crippen molar-refractivity contribution in [2.75, 3.05) is 5.73 Å². The molecule has 0 bridgehead atoms. The highest BCUT2D eigenvalue weighted by atomic mass is 32.1. The van der Waals surface area contributed by atoms with E-state index < -0.39 is 0 Å². The van der Waals surface area contributed by atoms with Crippen molar-refractivity contribution in [2.45, 2.75) is 6.42 Å². The van der Waals surface area contributed by atoms with Gasteiger partial charge in [-0.05, 0) is 23.1 Å². The third kappa shape index (κ3) is 2.81. The number of nitrogens with zero attached hydrogens (tertiary/aromatic N) is 2. The lowest BCUT2D eigenvalue weighted by Crippen LogP contribution is -2.05. The van der Waals surface area contributed by atoms with Crippen LogP contribution in [0, 0.1) is 0 Å². The summed E-state index contributed by atoms with van der Waals surface area (Å²) in [5.74, 6) is 0.268. The Balaban J connectivity index is 1.93. The first-order chi connectivity index (χ1) is 11.8. The second-order valence-corrected chi connectivity index (χ2v) is 6.22. The van der Waals surface area contributed by atoms with Gasteiger partial charge in [0.05, 0.1) is 23.9 Å². The molecule has 0 spiro atoms. The highest BCUT2D eigenvalue weighted by molar-refractivity contribution is 7.08. The average molecular weight is 333 g/mol. The lowest BCUT2D eigenvalue weighted by atomic mass is 9.97. The summed E-state index contributed by atoms with van der Waals surface area (Å²) in [4.78, 5) is 9.02. The van der Waals surface area contributed by atoms with Crippen LogP contribution in [0.3, 0.4) is 0 Å². The van der Waals surface area contributed by atoms with Crippen molar-refractivity contribution in [3.05, 3.63) is 76.9 Å². The minimum atomic E-state index is 0.268. The second-order valence-electron chi connectivity index (χ2n) is 5.44. The molecule has 24 heavy (non-hydrogen) atoms. The first-order valence-electron chi connectivity index (χ1n) is 7.57. The van der Waals surface area contributed by atoms with Gasteiger partial charge in [-0.25, -0.2) is 9.97 Å². The molecule has 0 aliphatic carbocycles. The maximum Gasteiger partial charge on any atom is 0.221 e. The van der Waals surface area contributed by atoms with Gasteiger partial charge in [0.1, 0.15) is 0 Å². The van der Waals surface area contributed by atoms with Crippen LogP contribution in [0.1, 0.15) is 11.1 Å². The van der Waals surface area contributed by atoms with Crippen LogP contribution < -0.4 is 5.73 Å². The Bertz CT molecular complexity index is 877. The minimum Gasteiger partial charge on any atom is -0.472 e. The summed E-state index contributed by atoms with van der Waals surface area (Å²) in [6.07, 6.45) is 4.06. The van der Waals surface area contributed by atoms with E-state index >= 15 is 0 Å². The molecule has 0 amide bonds. The van der Waals surface area contributed by atoms with E-state index in [4.69, 9.17) is 10.2 Å². The molecule has 0 fully saturated rings. The third-order valence-electron chi connectivity index (χ3n) is 3.84. The van der Waals surface area contributed by atoms with E-state index in [2.05, 4.69) is 33.5 Å². The van der Waals surface area contributed by atoms with Gasteiger partial charge >= 0.3 is 0 Å². The van der Waals surface area contributed by atoms with Gasteiger partial charge in [0.25, 0.3) is 0 Å². The molecule has 0 aliphatic rings. The number of nitrogens with two attached hydrogens (primary N) is 1. The third-order valence-corrected chi connectivity index (χ3v) is 4.52. The van der Waals surface area contributed by atoms with Crippen molar-refractivity contribution in [1.29, 1.82) is 0 Å². The molecular weight excluding hydrogens is 318 g/mol. The zero-order chi connectivity index (χ0) is 16.4. The van der Waals surface area contributed by atoms with E-state index in [1.165, 1.54) is 5.56 Å². The summed E-state index contributed by atoms with van der Waals surface area (Å²) >= 11 is 1.64. The molecule has 0 atom stereocenters. The molecule has 0 unspecified atom stereocenters. The van der Waals surface area contributed by atoms with Gasteiger partial charge in [0.15, 0.2) is 0 Å². The first kappa shape index (κ1) is 14.7. The van der Waals surface area contributed by atoms with Crippen LogP contribution in [0.4, 0.5) is 5.95 Å². The SMILES string of the molecule is Nc1nc(-c2ccoc2)c(Cc2ccccc2)c(-c2ccsc2)n1. The van der Waals surface area contributed by atoms with E-state index in [-0.39, 0.29) is 5.95 Å². The number of hydrogen-bond acceptors (Lipinski definition) is 5. The number of hydrogen-bond donors (Lipinski definition) is 1. The van der Waals surface area contributed by atoms with Crippen LogP contribution in [-0.2, 0) is 6.42 Å². The number of furan rings is 1. The predicted molar refractivity (Wildman–Crippen MR) is 96.7 cm³/mol. The zero-order valence-electron chi connectivity index (χ0n) is 12.8. The van der Waals surface area contributed by atoms with Crippen molar-refractivity contribution in [3.8, 4) is 22.5 Å². The van der Waals surface area contributed by atoms with Gasteiger partial charge in [-0.1, -0.05) is 30.3 Å². The summed E-state index contributed by atoms with van der Waals surface area (Å²) in [5, 5.41) is 4.12. The van der Waals surface area contributed by atoms with Crippen LogP contribution in [0.15, 0.2) is 70.2 Å². The van der Waals surface area contributed by atoms with E-state index in [9.17, 15) is 0 Å². The summed E-state index contributed by atoms with van der Waals surface area (Å²) in [5.41, 5.74) is 11.9. The van der Waals surface area contributed by atoms with Crippen LogP contribution in [0.2, 0.25) is 0 Å². The molecule has 4 nitrogen and oxygen atoms in total. The topological polar surface area (TPSA) is 64.9 Å². The standard InChI is InChI=1S/C19H15N3OS/c20-19-21-17(14-6-8-23-11-14)16(10-13-4-2-1-3-5-13)18(22-19)15-7-9-24-12-15/h1-9,11-12H,10H2,(H2,20,21,22). The Labute approximate surface area is 143 Å². The fraction of sp³-hybridized carbons (Fsp3) is 0.0526. The lowest BCUT2D eigenvalue weighted by Gasteiger charge is -2.13. The Hall–Kier alpha value is -2.92. The summed E-state index contributed by atoms with van der Waals surface area (Å²) in [6, 6.07) is 14.2. The fourth-order valence-electron chi connectivity index (χ4n) is 2.74. The lowest BCUT2D eigenvalue weighted by molar-refractivity contribution is 0.568. The molecule has 0 aliphatic heterocycles. The number of anilines is 1. The van der Waals surface area contributed by atoms with Crippen molar-refractivity contribution >= 4 is 17.3 Å². The van der Waals surface area contributed by atoms with Gasteiger partial charge in [0.2, 0.25) is 5.95 Å². The maximum atomic E-state index is 5.98. The Kier molecular flexibility index (Phi) is 3.84. The smallest absolute Gasteiger partial charge is 0.221 e. The molecule has 0 saturated carbocycles. The molecule has 4 rings (SSSR count). The fourth-order valence-corrected chi connectivity index (χ4v) is 3.39. The molecule has 4 aromatic rings. The second kappa shape index (κ2) is 6.29. The van der Waals surface area contributed by atoms with Crippen LogP contribution >= 0.6 is 11.3 Å². The van der Waals surface area contributed by atoms with Crippen LogP contribution in [0.5, 0.6) is 0 Å². The van der Waals surface area contributed by atoms with Crippen molar-refractivity contribution in [2.24, 2.45) is 0 Å². The van der Waals surface area contributed by atoms with Gasteiger partial charge in [-0.2, -0.15) is 11.3 Å². The summed E-state index contributed by atoms with van der Waals surface area (Å²) in [6.45, 7) is 0. The Morgan fingerprint density at radius 3 is 2.42 bits per heavy atom. The largest absolute Gasteiger partial charge is 0.472 e. The van der Waals surface area contributed by atoms with Crippen LogP contribution in [-0.4, -0.2) is 9.97 Å². The zero-order valence-corrected chi connectivity index (χ0v) is 13.7. The van der Waals surface area contributed by atoms with E-state index in [0.717, 1.165) is 34.5 Å². The monoisotopic (exact) mass is 333 g/mol. The minimum absolute atomic E-state index is 0.268. The summed E-state index contributed by atoms with van der Waals surface area (Å²) < 4.78 is 5.25. The highest BCUT2D eigenvalue weighted by Gasteiger charge is 2.18. The molecule has 118 valence electrons. The van der Waals surface area contributed by atoms with E-state index in [0.29, 0.717) is 0 Å². The Morgan fingerprint density at radius 1 is 0.958 bits per heavy atom. The number of rotatable bonds is 4. The molecular formula is C19H15N3OS. The van der Waals surface area contributed by atoms with Gasteiger partial charge in [0, 0.05) is 28.5 Å². The number of aromatic nitrogens is 2. The molecule has 3 aromatic heterocycles. The van der Waals surface area contributed by atoms with Crippen molar-refractivity contribution < 1.29 is 4.42 Å². The van der Waals surface area contributed by atoms with Gasteiger partial charge < -0.3 is 10.2 Å². The number of nitrogen functional groups attached to an aromatic ring is 1. The van der Waals surface area contributed by atoms with E-state index in [1.807, 2.05) is 29.6 Å². The maximum absolute atomic E-state index is 5.98. The van der Waals surface area contributed by atoms with Crippen molar-refractivity contribution in [1.82, 2.24) is 9.97 Å². The van der Waals surface area contributed by atoms with Crippen LogP contribution in [0.25, 0.3) is 22.5 Å². The summed E-state index contributed by atoms with van der Waals surface area (Å²) in [7, 11) is 0. The number of benzene rings is 1. The highest BCUT2D eigenvalue weighted by Crippen LogP contribution is 2.33. The van der Waals surface area contributed by atoms with Gasteiger partial charge in [-0.3, -0.25) is 0 Å². The first-order valence-corrected chi connectivity index (χ1v) is 8.51. The molecule has 5 heteroatoms. The molecule has 3 heterocycles. The molecule has 2 N–H and O–H groups in total. The average Bonchev–Trinajstić information content (AvgIpc) is 3.31. The molecule has 0 saturated heterocycles. The van der Waals surface area contributed by atoms with Gasteiger partial charge in [-0.15, -0.1) is 0 Å². The predicted octanol–water partition coefficient (Wildman–Crippen LogP) is 4.64. The Morgan fingerprint density at radius 2 is 1.75 bits per heavy atom. The number of thiophene rings is 1. The van der Waals surface area contributed by atoms with Crippen molar-refractivity contribution in [3.63, 3.8) is 0 Å².